The molecule has 2 nitrogen and oxygen atoms in total. The third-order valence-corrected chi connectivity index (χ3v) is 3.71. The summed E-state index contributed by atoms with van der Waals surface area (Å²) in [6.07, 6.45) is 0. The third-order valence-electron chi connectivity index (χ3n) is 2.82. The van der Waals surface area contributed by atoms with Crippen LogP contribution in [0, 0.1) is 13.8 Å². The van der Waals surface area contributed by atoms with Gasteiger partial charge in [-0.15, -0.1) is 0 Å². The van der Waals surface area contributed by atoms with Gasteiger partial charge in [0.15, 0.2) is 0 Å². The van der Waals surface area contributed by atoms with Crippen LogP contribution in [-0.4, -0.2) is 5.91 Å². The molecule has 4 heteroatoms. The van der Waals surface area contributed by atoms with Crippen LogP contribution < -0.4 is 5.32 Å². The number of hydrogen-bond acceptors (Lipinski definition) is 1. The van der Waals surface area contributed by atoms with Crippen molar-refractivity contribution in [1.82, 2.24) is 0 Å². The number of rotatable bonds is 2. The van der Waals surface area contributed by atoms with E-state index in [1.807, 2.05) is 32.0 Å². The summed E-state index contributed by atoms with van der Waals surface area (Å²) < 4.78 is 0.683. The lowest BCUT2D eigenvalue weighted by atomic mass is 10.1. The largest absolute Gasteiger partial charge is 0.322 e. The minimum Gasteiger partial charge on any atom is -0.322 e. The van der Waals surface area contributed by atoms with Crippen LogP contribution in [0.5, 0.6) is 0 Å². The first-order valence-corrected chi connectivity index (χ1v) is 6.98. The van der Waals surface area contributed by atoms with Crippen molar-refractivity contribution in [1.29, 1.82) is 0 Å². The SMILES string of the molecule is Cc1ccc(C)c(NC(=O)c2ccc(Cl)cc2Br)c1. The van der Waals surface area contributed by atoms with Gasteiger partial charge in [0.05, 0.1) is 5.56 Å². The van der Waals surface area contributed by atoms with E-state index in [1.165, 1.54) is 0 Å². The van der Waals surface area contributed by atoms with Crippen molar-refractivity contribution >= 4 is 39.1 Å². The number of carbonyl (C=O) groups excluding carboxylic acids is 1. The molecule has 2 aromatic carbocycles. The second-order valence-corrected chi connectivity index (χ2v) is 5.69. The van der Waals surface area contributed by atoms with Crippen molar-refractivity contribution < 1.29 is 4.79 Å². The topological polar surface area (TPSA) is 29.1 Å². The number of aryl methyl sites for hydroxylation is 2. The molecule has 0 aliphatic rings. The standard InChI is InChI=1S/C15H13BrClNO/c1-9-3-4-10(2)14(7-9)18-15(19)12-6-5-11(17)8-13(12)16/h3-8H,1-2H3,(H,18,19). The molecule has 0 heterocycles. The van der Waals surface area contributed by atoms with Crippen LogP contribution in [0.25, 0.3) is 0 Å². The Kier molecular flexibility index (Phi) is 4.27. The van der Waals surface area contributed by atoms with E-state index in [2.05, 4.69) is 21.2 Å². The maximum atomic E-state index is 12.2. The van der Waals surface area contributed by atoms with E-state index >= 15 is 0 Å². The van der Waals surface area contributed by atoms with Crippen LogP contribution in [0.2, 0.25) is 5.02 Å². The van der Waals surface area contributed by atoms with Crippen molar-refractivity contribution in [3.8, 4) is 0 Å². The molecular formula is C15H13BrClNO. The Morgan fingerprint density at radius 2 is 1.89 bits per heavy atom. The number of amides is 1. The highest BCUT2D eigenvalue weighted by Crippen LogP contribution is 2.23. The molecule has 0 radical (unpaired) electrons. The van der Waals surface area contributed by atoms with E-state index in [-0.39, 0.29) is 5.91 Å². The molecule has 0 aliphatic heterocycles. The van der Waals surface area contributed by atoms with Crippen molar-refractivity contribution in [2.24, 2.45) is 0 Å². The molecule has 0 saturated carbocycles. The number of hydrogen-bond donors (Lipinski definition) is 1. The molecule has 1 amide bonds. The summed E-state index contributed by atoms with van der Waals surface area (Å²) in [4.78, 5) is 12.2. The van der Waals surface area contributed by atoms with Crippen LogP contribution in [0.4, 0.5) is 5.69 Å². The highest BCUT2D eigenvalue weighted by molar-refractivity contribution is 9.10. The molecule has 0 fully saturated rings. The summed E-state index contributed by atoms with van der Waals surface area (Å²) >= 11 is 9.21. The molecule has 2 rings (SSSR count). The van der Waals surface area contributed by atoms with Gasteiger partial charge in [-0.3, -0.25) is 4.79 Å². The molecule has 2 aromatic rings. The Morgan fingerprint density at radius 1 is 1.16 bits per heavy atom. The van der Waals surface area contributed by atoms with Gasteiger partial charge in [-0.1, -0.05) is 23.7 Å². The van der Waals surface area contributed by atoms with Gasteiger partial charge in [0, 0.05) is 15.2 Å². The highest BCUT2D eigenvalue weighted by Gasteiger charge is 2.11. The summed E-state index contributed by atoms with van der Waals surface area (Å²) in [6.45, 7) is 3.96. The molecule has 98 valence electrons. The van der Waals surface area contributed by atoms with Crippen LogP contribution >= 0.6 is 27.5 Å². The molecule has 0 spiro atoms. The zero-order chi connectivity index (χ0) is 14.0. The first-order chi connectivity index (χ1) is 8.97. The number of anilines is 1. The molecule has 0 aliphatic carbocycles. The molecule has 0 aromatic heterocycles. The van der Waals surface area contributed by atoms with Crippen LogP contribution in [-0.2, 0) is 0 Å². The molecule has 0 bridgehead atoms. The Morgan fingerprint density at radius 3 is 2.58 bits per heavy atom. The number of carbonyl (C=O) groups is 1. The minimum atomic E-state index is -0.155. The van der Waals surface area contributed by atoms with Crippen molar-refractivity contribution in [2.45, 2.75) is 13.8 Å². The van der Waals surface area contributed by atoms with E-state index in [1.54, 1.807) is 18.2 Å². The average Bonchev–Trinajstić information content (AvgIpc) is 2.33. The molecule has 1 N–H and O–H groups in total. The van der Waals surface area contributed by atoms with Crippen molar-refractivity contribution in [3.05, 3.63) is 62.6 Å². The Labute approximate surface area is 125 Å². The van der Waals surface area contributed by atoms with Crippen LogP contribution in [0.3, 0.4) is 0 Å². The van der Waals surface area contributed by atoms with E-state index in [0.29, 0.717) is 15.1 Å². The second kappa shape index (κ2) is 5.76. The quantitative estimate of drug-likeness (QED) is 0.823. The Hall–Kier alpha value is -1.32. The predicted molar refractivity (Wildman–Crippen MR) is 83.0 cm³/mol. The van der Waals surface area contributed by atoms with Gasteiger partial charge in [0.1, 0.15) is 0 Å². The zero-order valence-corrected chi connectivity index (χ0v) is 13.0. The second-order valence-electron chi connectivity index (χ2n) is 4.40. The third kappa shape index (κ3) is 3.37. The molecule has 0 unspecified atom stereocenters. The average molecular weight is 339 g/mol. The van der Waals surface area contributed by atoms with Gasteiger partial charge in [-0.25, -0.2) is 0 Å². The highest BCUT2D eigenvalue weighted by atomic mass is 79.9. The first-order valence-electron chi connectivity index (χ1n) is 5.81. The lowest BCUT2D eigenvalue weighted by Gasteiger charge is -2.10. The maximum absolute atomic E-state index is 12.2. The summed E-state index contributed by atoms with van der Waals surface area (Å²) in [7, 11) is 0. The monoisotopic (exact) mass is 337 g/mol. The van der Waals surface area contributed by atoms with E-state index in [9.17, 15) is 4.79 Å². The zero-order valence-electron chi connectivity index (χ0n) is 10.6. The summed E-state index contributed by atoms with van der Waals surface area (Å²) in [5, 5.41) is 3.51. The van der Waals surface area contributed by atoms with E-state index < -0.39 is 0 Å². The van der Waals surface area contributed by atoms with Crippen LogP contribution in [0.1, 0.15) is 21.5 Å². The van der Waals surface area contributed by atoms with E-state index in [4.69, 9.17) is 11.6 Å². The summed E-state index contributed by atoms with van der Waals surface area (Å²) in [5.41, 5.74) is 3.53. The number of nitrogens with one attached hydrogen (secondary N) is 1. The minimum absolute atomic E-state index is 0.155. The van der Waals surface area contributed by atoms with E-state index in [0.717, 1.165) is 16.8 Å². The lowest BCUT2D eigenvalue weighted by Crippen LogP contribution is -2.13. The van der Waals surface area contributed by atoms with Gasteiger partial charge >= 0.3 is 0 Å². The predicted octanol–water partition coefficient (Wildman–Crippen LogP) is 4.97. The molecule has 19 heavy (non-hydrogen) atoms. The summed E-state index contributed by atoms with van der Waals surface area (Å²) in [6, 6.07) is 11.1. The fourth-order valence-corrected chi connectivity index (χ4v) is 2.60. The van der Waals surface area contributed by atoms with Gasteiger partial charge in [0.25, 0.3) is 5.91 Å². The van der Waals surface area contributed by atoms with Crippen molar-refractivity contribution in [3.63, 3.8) is 0 Å². The van der Waals surface area contributed by atoms with Gasteiger partial charge in [-0.2, -0.15) is 0 Å². The molecular weight excluding hydrogens is 326 g/mol. The Balaban J connectivity index is 2.28. The van der Waals surface area contributed by atoms with Crippen molar-refractivity contribution in [2.75, 3.05) is 5.32 Å². The fraction of sp³-hybridized carbons (Fsp3) is 0.133. The number of benzene rings is 2. The smallest absolute Gasteiger partial charge is 0.256 e. The Bertz CT molecular complexity index is 640. The first kappa shape index (κ1) is 14.1. The van der Waals surface area contributed by atoms with Gasteiger partial charge in [0.2, 0.25) is 0 Å². The van der Waals surface area contributed by atoms with Crippen LogP contribution in [0.15, 0.2) is 40.9 Å². The summed E-state index contributed by atoms with van der Waals surface area (Å²) in [5.74, 6) is -0.155. The van der Waals surface area contributed by atoms with Gasteiger partial charge in [-0.05, 0) is 65.2 Å². The lowest BCUT2D eigenvalue weighted by molar-refractivity contribution is 0.102. The van der Waals surface area contributed by atoms with Gasteiger partial charge < -0.3 is 5.32 Å². The number of halogens is 2. The molecule has 0 saturated heterocycles. The molecule has 0 atom stereocenters. The fourth-order valence-electron chi connectivity index (χ4n) is 1.73. The maximum Gasteiger partial charge on any atom is 0.256 e. The normalized spacial score (nSPS) is 10.3.